The maximum Gasteiger partial charge on any atom is 0.347 e. The van der Waals surface area contributed by atoms with Crippen molar-refractivity contribution in [3.63, 3.8) is 0 Å². The molecule has 6 N–H and O–H groups in total. The Labute approximate surface area is 203 Å². The largest absolute Gasteiger partial charge is 0.479 e. The van der Waals surface area contributed by atoms with Crippen molar-refractivity contribution in [1.29, 1.82) is 0 Å². The highest BCUT2D eigenvalue weighted by atomic mass is 16.7. The Balaban J connectivity index is 1.44. The van der Waals surface area contributed by atoms with E-state index in [0.29, 0.717) is 23.7 Å². The second-order valence-corrected chi connectivity index (χ2v) is 12.9. The molecule has 7 nitrogen and oxygen atoms in total. The molecule has 196 valence electrons. The molecule has 0 amide bonds. The van der Waals surface area contributed by atoms with Crippen LogP contribution in [0.25, 0.3) is 0 Å². The van der Waals surface area contributed by atoms with Gasteiger partial charge in [-0.25, -0.2) is 4.79 Å². The van der Waals surface area contributed by atoms with Crippen LogP contribution in [0.4, 0.5) is 0 Å². The first-order valence-corrected chi connectivity index (χ1v) is 13.6. The second kappa shape index (κ2) is 8.98. The van der Waals surface area contributed by atoms with Gasteiger partial charge in [0.25, 0.3) is 5.60 Å². The summed E-state index contributed by atoms with van der Waals surface area (Å²) in [6.07, 6.45) is 11.4. The molecule has 3 unspecified atom stereocenters. The second-order valence-electron chi connectivity index (χ2n) is 12.9. The molecule has 4 rings (SSSR count). The van der Waals surface area contributed by atoms with Crippen LogP contribution >= 0.6 is 0 Å². The molecule has 4 fully saturated rings. The number of carboxylic acids is 1. The lowest BCUT2D eigenvalue weighted by Crippen LogP contribution is -2.66. The first-order valence-electron chi connectivity index (χ1n) is 13.6. The average Bonchev–Trinajstić information content (AvgIpc) is 3.12. The van der Waals surface area contributed by atoms with E-state index < -0.39 is 23.6 Å². The van der Waals surface area contributed by atoms with Crippen molar-refractivity contribution in [3.05, 3.63) is 0 Å². The van der Waals surface area contributed by atoms with Crippen LogP contribution in [0.2, 0.25) is 0 Å². The summed E-state index contributed by atoms with van der Waals surface area (Å²) in [7, 11) is 0. The average molecular weight is 483 g/mol. The molecular weight excluding hydrogens is 436 g/mol. The lowest BCUT2D eigenvalue weighted by molar-refractivity contribution is -0.396. The van der Waals surface area contributed by atoms with Crippen LogP contribution in [-0.4, -0.2) is 54.3 Å². The fraction of sp³-hybridized carbons (Fsp3) is 0.963. The molecule has 0 aromatic heterocycles. The van der Waals surface area contributed by atoms with E-state index >= 15 is 0 Å². The minimum atomic E-state index is -3.93. The van der Waals surface area contributed by atoms with Gasteiger partial charge in [-0.05, 0) is 111 Å². The minimum absolute atomic E-state index is 0.142. The van der Waals surface area contributed by atoms with Crippen molar-refractivity contribution >= 4 is 5.97 Å². The Bertz CT molecular complexity index is 765. The molecule has 10 atom stereocenters. The minimum Gasteiger partial charge on any atom is -0.479 e. The van der Waals surface area contributed by atoms with Crippen LogP contribution in [0, 0.1) is 46.3 Å². The maximum atomic E-state index is 11.4. The highest BCUT2D eigenvalue weighted by Crippen LogP contribution is 2.68. The first-order chi connectivity index (χ1) is 15.8. The van der Waals surface area contributed by atoms with Crippen molar-refractivity contribution in [2.75, 3.05) is 0 Å². The van der Waals surface area contributed by atoms with Gasteiger partial charge in [0.2, 0.25) is 0 Å². The molecule has 4 aliphatic carbocycles. The zero-order chi connectivity index (χ0) is 25.1. The molecule has 34 heavy (non-hydrogen) atoms. The number of hydrogen-bond donors (Lipinski definition) is 6. The first kappa shape index (κ1) is 26.3. The molecule has 0 bridgehead atoms. The summed E-state index contributed by atoms with van der Waals surface area (Å²) in [6.45, 7) is 7.15. The molecule has 0 radical (unpaired) electrons. The Morgan fingerprint density at radius 2 is 1.56 bits per heavy atom. The van der Waals surface area contributed by atoms with Crippen LogP contribution < -0.4 is 0 Å². The van der Waals surface area contributed by atoms with E-state index in [1.165, 1.54) is 57.8 Å². The SMILES string of the molecule is C[C@H](CCC(O)C(O)(C(=O)O)C(O)(O)O)[C@H]1CC[C@H]2[C@@H]3CCC4CCCC[C@]4(C)[C@H]3CC[C@]12C. The lowest BCUT2D eigenvalue weighted by atomic mass is 9.44. The number of aliphatic hydroxyl groups excluding tert-OH is 1. The Morgan fingerprint density at radius 1 is 0.882 bits per heavy atom. The van der Waals surface area contributed by atoms with E-state index in [0.717, 1.165) is 24.2 Å². The van der Waals surface area contributed by atoms with Crippen molar-refractivity contribution in [3.8, 4) is 0 Å². The molecule has 0 spiro atoms. The fourth-order valence-electron chi connectivity index (χ4n) is 9.61. The van der Waals surface area contributed by atoms with Gasteiger partial charge in [0.1, 0.15) is 6.10 Å². The third-order valence-electron chi connectivity index (χ3n) is 11.6. The molecular formula is C27H46O7. The molecule has 4 aliphatic rings. The summed E-state index contributed by atoms with van der Waals surface area (Å²) >= 11 is 0. The maximum absolute atomic E-state index is 11.4. The number of carbonyl (C=O) groups is 1. The summed E-state index contributed by atoms with van der Waals surface area (Å²) in [5.74, 6) is -2.15. The van der Waals surface area contributed by atoms with E-state index in [9.17, 15) is 35.4 Å². The van der Waals surface area contributed by atoms with E-state index in [1.54, 1.807) is 0 Å². The summed E-state index contributed by atoms with van der Waals surface area (Å²) in [6, 6.07) is 0. The lowest BCUT2D eigenvalue weighted by Gasteiger charge is -2.61. The van der Waals surface area contributed by atoms with Crippen LogP contribution in [0.1, 0.15) is 97.8 Å². The summed E-state index contributed by atoms with van der Waals surface area (Å²) < 4.78 is 0. The predicted molar refractivity (Wildman–Crippen MR) is 126 cm³/mol. The highest BCUT2D eigenvalue weighted by molar-refractivity contribution is 5.79. The highest BCUT2D eigenvalue weighted by Gasteiger charge is 2.61. The Hall–Kier alpha value is -0.730. The summed E-state index contributed by atoms with van der Waals surface area (Å²) in [5.41, 5.74) is -2.73. The summed E-state index contributed by atoms with van der Waals surface area (Å²) in [4.78, 5) is 11.4. The zero-order valence-electron chi connectivity index (χ0n) is 21.1. The van der Waals surface area contributed by atoms with Gasteiger partial charge in [-0.1, -0.05) is 33.6 Å². The van der Waals surface area contributed by atoms with Gasteiger partial charge >= 0.3 is 11.9 Å². The van der Waals surface area contributed by atoms with E-state index in [4.69, 9.17) is 0 Å². The molecule has 0 heterocycles. The topological polar surface area (TPSA) is 138 Å². The number of aliphatic carboxylic acids is 1. The number of hydrogen-bond acceptors (Lipinski definition) is 6. The van der Waals surface area contributed by atoms with Gasteiger partial charge in [0, 0.05) is 0 Å². The Kier molecular flexibility index (Phi) is 6.96. The van der Waals surface area contributed by atoms with Crippen molar-refractivity contribution in [2.24, 2.45) is 46.3 Å². The summed E-state index contributed by atoms with van der Waals surface area (Å²) in [5, 5.41) is 57.9. The van der Waals surface area contributed by atoms with Crippen LogP contribution in [0.3, 0.4) is 0 Å². The van der Waals surface area contributed by atoms with Crippen molar-refractivity contribution < 1.29 is 35.4 Å². The van der Waals surface area contributed by atoms with Gasteiger partial charge in [-0.3, -0.25) is 0 Å². The molecule has 0 aromatic carbocycles. The van der Waals surface area contributed by atoms with Gasteiger partial charge in [0.05, 0.1) is 0 Å². The van der Waals surface area contributed by atoms with Gasteiger partial charge < -0.3 is 30.6 Å². The number of aliphatic hydroxyl groups is 5. The molecule has 7 heteroatoms. The van der Waals surface area contributed by atoms with Gasteiger partial charge in [0.15, 0.2) is 0 Å². The smallest absolute Gasteiger partial charge is 0.347 e. The Morgan fingerprint density at radius 3 is 2.21 bits per heavy atom. The number of fused-ring (bicyclic) bond motifs is 5. The van der Waals surface area contributed by atoms with Crippen molar-refractivity contribution in [2.45, 2.75) is 115 Å². The molecule has 0 saturated heterocycles. The number of rotatable bonds is 7. The van der Waals surface area contributed by atoms with E-state index in [2.05, 4.69) is 20.8 Å². The van der Waals surface area contributed by atoms with Crippen LogP contribution in [-0.2, 0) is 4.79 Å². The normalized spacial score (nSPS) is 43.7. The van der Waals surface area contributed by atoms with Crippen molar-refractivity contribution in [1.82, 2.24) is 0 Å². The zero-order valence-corrected chi connectivity index (χ0v) is 21.1. The third-order valence-corrected chi connectivity index (χ3v) is 11.6. The van der Waals surface area contributed by atoms with Gasteiger partial charge in [-0.2, -0.15) is 0 Å². The fourth-order valence-corrected chi connectivity index (χ4v) is 9.61. The molecule has 4 saturated carbocycles. The van der Waals surface area contributed by atoms with E-state index in [-0.39, 0.29) is 17.8 Å². The predicted octanol–water partition coefficient (Wildman–Crippen LogP) is 3.26. The van der Waals surface area contributed by atoms with Gasteiger partial charge in [-0.15, -0.1) is 0 Å². The molecule has 0 aliphatic heterocycles. The van der Waals surface area contributed by atoms with Crippen LogP contribution in [0.15, 0.2) is 0 Å². The molecule has 0 aromatic rings. The standard InChI is InChI=1S/C27H46O7/c1-16(7-12-22(28)26(31,23(29)30)27(32,33)34)19-10-11-20-18-9-8-17-6-4-5-14-24(17,2)21(18)13-15-25(19,20)3/h16-22,28,31-34H,4-15H2,1-3H3,(H,29,30)/t16-,17?,18+,19-,20+,21+,22?,24+,25-,26?/m1/s1. The van der Waals surface area contributed by atoms with Crippen LogP contribution in [0.5, 0.6) is 0 Å². The number of carboxylic acid groups (broad SMARTS) is 1. The monoisotopic (exact) mass is 482 g/mol. The van der Waals surface area contributed by atoms with E-state index in [1.807, 2.05) is 0 Å². The quantitative estimate of drug-likeness (QED) is 0.306. The third kappa shape index (κ3) is 3.94.